The molecule has 0 unspecified atom stereocenters. The standard InChI is InChI=1S/C9H5ClF4O2/c1-4(15)5-2-6(10)8(7(11)3-5)16-9(12,13)14/h2-3H,1H3. The van der Waals surface area contributed by atoms with Gasteiger partial charge in [-0.2, -0.15) is 0 Å². The molecule has 88 valence electrons. The van der Waals surface area contributed by atoms with Gasteiger partial charge in [0.05, 0.1) is 5.02 Å². The van der Waals surface area contributed by atoms with Crippen molar-refractivity contribution in [3.63, 3.8) is 0 Å². The Morgan fingerprint density at radius 1 is 1.38 bits per heavy atom. The van der Waals surface area contributed by atoms with Crippen LogP contribution in [0.15, 0.2) is 12.1 Å². The topological polar surface area (TPSA) is 26.3 Å². The lowest BCUT2D eigenvalue weighted by Gasteiger charge is -2.11. The Bertz CT molecular complexity index is 405. The van der Waals surface area contributed by atoms with E-state index in [0.29, 0.717) is 6.07 Å². The molecule has 1 aromatic rings. The summed E-state index contributed by atoms with van der Waals surface area (Å²) in [6.45, 7) is 1.13. The Labute approximate surface area is 92.8 Å². The molecule has 0 fully saturated rings. The van der Waals surface area contributed by atoms with Crippen molar-refractivity contribution in [3.05, 3.63) is 28.5 Å². The SMILES string of the molecule is CC(=O)c1cc(F)c(OC(F)(F)F)c(Cl)c1. The van der Waals surface area contributed by atoms with Gasteiger partial charge in [0.1, 0.15) is 0 Å². The number of benzene rings is 1. The normalized spacial score (nSPS) is 11.4. The van der Waals surface area contributed by atoms with E-state index >= 15 is 0 Å². The number of ether oxygens (including phenoxy) is 1. The number of Topliss-reactive ketones (excluding diaryl/α,β-unsaturated/α-hetero) is 1. The summed E-state index contributed by atoms with van der Waals surface area (Å²) in [6.07, 6.45) is -5.04. The molecule has 0 saturated heterocycles. The first-order chi connectivity index (χ1) is 7.20. The van der Waals surface area contributed by atoms with Gasteiger partial charge in [-0.1, -0.05) is 11.6 Å². The second-order valence-corrected chi connectivity index (χ2v) is 3.28. The molecular formula is C9H5ClF4O2. The van der Waals surface area contributed by atoms with Crippen LogP contribution in [0.25, 0.3) is 0 Å². The molecule has 0 amide bonds. The van der Waals surface area contributed by atoms with Crippen molar-refractivity contribution in [1.82, 2.24) is 0 Å². The first-order valence-electron chi connectivity index (χ1n) is 3.96. The lowest BCUT2D eigenvalue weighted by molar-refractivity contribution is -0.275. The summed E-state index contributed by atoms with van der Waals surface area (Å²) in [5, 5.41) is -0.609. The zero-order valence-electron chi connectivity index (χ0n) is 7.86. The predicted molar refractivity (Wildman–Crippen MR) is 48.1 cm³/mol. The van der Waals surface area contributed by atoms with Gasteiger partial charge < -0.3 is 4.74 Å². The van der Waals surface area contributed by atoms with Crippen LogP contribution in [0.1, 0.15) is 17.3 Å². The fourth-order valence-corrected chi connectivity index (χ4v) is 1.22. The Hall–Kier alpha value is -1.30. The van der Waals surface area contributed by atoms with Gasteiger partial charge in [-0.3, -0.25) is 4.79 Å². The number of alkyl halides is 3. The lowest BCUT2D eigenvalue weighted by Crippen LogP contribution is -2.18. The summed E-state index contributed by atoms with van der Waals surface area (Å²) in [6, 6.07) is 1.54. The Morgan fingerprint density at radius 3 is 2.31 bits per heavy atom. The van der Waals surface area contributed by atoms with Gasteiger partial charge in [0.2, 0.25) is 0 Å². The third-order valence-corrected chi connectivity index (χ3v) is 1.90. The second-order valence-electron chi connectivity index (χ2n) is 2.87. The summed E-state index contributed by atoms with van der Waals surface area (Å²) in [4.78, 5) is 10.9. The van der Waals surface area contributed by atoms with E-state index < -0.39 is 28.7 Å². The highest BCUT2D eigenvalue weighted by atomic mass is 35.5. The molecule has 0 aliphatic carbocycles. The van der Waals surface area contributed by atoms with Crippen molar-refractivity contribution < 1.29 is 27.1 Å². The van der Waals surface area contributed by atoms with E-state index in [1.54, 1.807) is 0 Å². The molecule has 0 N–H and O–H groups in total. The van der Waals surface area contributed by atoms with Crippen molar-refractivity contribution in [2.24, 2.45) is 0 Å². The van der Waals surface area contributed by atoms with E-state index in [-0.39, 0.29) is 5.56 Å². The third kappa shape index (κ3) is 3.10. The maximum absolute atomic E-state index is 13.1. The van der Waals surface area contributed by atoms with Crippen molar-refractivity contribution in [1.29, 1.82) is 0 Å². The monoisotopic (exact) mass is 256 g/mol. The maximum Gasteiger partial charge on any atom is 0.573 e. The van der Waals surface area contributed by atoms with Crippen LogP contribution in [0.2, 0.25) is 5.02 Å². The Balaban J connectivity index is 3.18. The number of hydrogen-bond acceptors (Lipinski definition) is 2. The van der Waals surface area contributed by atoms with E-state index in [4.69, 9.17) is 11.6 Å². The van der Waals surface area contributed by atoms with Gasteiger partial charge in [-0.25, -0.2) is 4.39 Å². The van der Waals surface area contributed by atoms with Crippen molar-refractivity contribution >= 4 is 17.4 Å². The van der Waals surface area contributed by atoms with Gasteiger partial charge in [-0.15, -0.1) is 13.2 Å². The summed E-state index contributed by atoms with van der Waals surface area (Å²) in [5.74, 6) is -2.99. The molecule has 2 nitrogen and oxygen atoms in total. The van der Waals surface area contributed by atoms with E-state index in [9.17, 15) is 22.4 Å². The fourth-order valence-electron chi connectivity index (χ4n) is 0.976. The number of ketones is 1. The highest BCUT2D eigenvalue weighted by Crippen LogP contribution is 2.33. The van der Waals surface area contributed by atoms with Crippen LogP contribution >= 0.6 is 11.6 Å². The molecule has 0 atom stereocenters. The molecule has 0 aliphatic rings. The molecule has 0 aliphatic heterocycles. The summed E-state index contributed by atoms with van der Waals surface area (Å²) >= 11 is 5.37. The fraction of sp³-hybridized carbons (Fsp3) is 0.222. The number of hydrogen-bond donors (Lipinski definition) is 0. The number of carbonyl (C=O) groups is 1. The molecule has 1 rings (SSSR count). The number of rotatable bonds is 2. The molecular weight excluding hydrogens is 252 g/mol. The van der Waals surface area contributed by atoms with Crippen molar-refractivity contribution in [3.8, 4) is 5.75 Å². The smallest absolute Gasteiger partial charge is 0.401 e. The van der Waals surface area contributed by atoms with E-state index in [1.807, 2.05) is 0 Å². The van der Waals surface area contributed by atoms with Crippen LogP contribution in [0.4, 0.5) is 17.6 Å². The van der Waals surface area contributed by atoms with Gasteiger partial charge in [0.15, 0.2) is 17.3 Å². The first kappa shape index (κ1) is 12.8. The van der Waals surface area contributed by atoms with Crippen molar-refractivity contribution in [2.45, 2.75) is 13.3 Å². The molecule has 0 radical (unpaired) electrons. The number of carbonyl (C=O) groups excluding carboxylic acids is 1. The molecule has 0 saturated carbocycles. The minimum Gasteiger partial charge on any atom is -0.401 e. The Morgan fingerprint density at radius 2 is 1.94 bits per heavy atom. The van der Waals surface area contributed by atoms with E-state index in [1.165, 1.54) is 0 Å². The zero-order chi connectivity index (χ0) is 12.5. The Kier molecular flexibility index (Phi) is 3.42. The summed E-state index contributed by atoms with van der Waals surface area (Å²) in [7, 11) is 0. The molecule has 0 spiro atoms. The average Bonchev–Trinajstić information content (AvgIpc) is 2.09. The largest absolute Gasteiger partial charge is 0.573 e. The van der Waals surface area contributed by atoms with Crippen LogP contribution < -0.4 is 4.74 Å². The van der Waals surface area contributed by atoms with E-state index in [2.05, 4.69) is 4.74 Å². The summed E-state index contributed by atoms with van der Waals surface area (Å²) in [5.41, 5.74) is -0.128. The minimum atomic E-state index is -5.04. The highest BCUT2D eigenvalue weighted by Gasteiger charge is 2.33. The quantitative estimate of drug-likeness (QED) is 0.597. The van der Waals surface area contributed by atoms with Crippen LogP contribution in [0.5, 0.6) is 5.75 Å². The minimum absolute atomic E-state index is 0.128. The highest BCUT2D eigenvalue weighted by molar-refractivity contribution is 6.32. The maximum atomic E-state index is 13.1. The van der Waals surface area contributed by atoms with E-state index in [0.717, 1.165) is 13.0 Å². The van der Waals surface area contributed by atoms with Gasteiger partial charge in [0.25, 0.3) is 0 Å². The summed E-state index contributed by atoms with van der Waals surface area (Å²) < 4.78 is 52.1. The van der Waals surface area contributed by atoms with Crippen LogP contribution in [0, 0.1) is 5.82 Å². The van der Waals surface area contributed by atoms with Crippen LogP contribution in [-0.4, -0.2) is 12.1 Å². The molecule has 0 aromatic heterocycles. The third-order valence-electron chi connectivity index (χ3n) is 1.62. The molecule has 1 aromatic carbocycles. The molecule has 7 heteroatoms. The van der Waals surface area contributed by atoms with Crippen LogP contribution in [-0.2, 0) is 0 Å². The van der Waals surface area contributed by atoms with Gasteiger partial charge in [0, 0.05) is 5.56 Å². The predicted octanol–water partition coefficient (Wildman–Crippen LogP) is 3.58. The van der Waals surface area contributed by atoms with Gasteiger partial charge in [-0.05, 0) is 19.1 Å². The molecule has 0 bridgehead atoms. The second kappa shape index (κ2) is 4.29. The zero-order valence-corrected chi connectivity index (χ0v) is 8.62. The van der Waals surface area contributed by atoms with Gasteiger partial charge >= 0.3 is 6.36 Å². The lowest BCUT2D eigenvalue weighted by atomic mass is 10.1. The van der Waals surface area contributed by atoms with Crippen LogP contribution in [0.3, 0.4) is 0 Å². The number of halogens is 5. The molecule has 0 heterocycles. The van der Waals surface area contributed by atoms with Crippen molar-refractivity contribution in [2.75, 3.05) is 0 Å². The average molecular weight is 257 g/mol. The molecule has 16 heavy (non-hydrogen) atoms. The first-order valence-corrected chi connectivity index (χ1v) is 4.34.